The lowest BCUT2D eigenvalue weighted by Gasteiger charge is -2.20. The predicted molar refractivity (Wildman–Crippen MR) is 86.9 cm³/mol. The molecule has 0 fully saturated rings. The number of nitrogens with two attached hydrogens (primary N) is 1. The zero-order valence-electron chi connectivity index (χ0n) is 12.9. The van der Waals surface area contributed by atoms with Crippen LogP contribution in [0.1, 0.15) is 18.1 Å². The average Bonchev–Trinajstić information content (AvgIpc) is 2.54. The summed E-state index contributed by atoms with van der Waals surface area (Å²) >= 11 is 0. The average molecular weight is 321 g/mol. The number of aryl methyl sites for hydroxylation is 1. The number of nitrogens with zero attached hydrogens (tertiary/aromatic N) is 2. The van der Waals surface area contributed by atoms with Gasteiger partial charge in [-0.2, -0.15) is 13.2 Å². The number of para-hydroxylation sites is 1. The minimum atomic E-state index is -4.39. The molecule has 0 aliphatic carbocycles. The molecule has 6 heteroatoms. The van der Waals surface area contributed by atoms with Gasteiger partial charge < -0.3 is 10.6 Å². The Morgan fingerprint density at radius 2 is 1.83 bits per heavy atom. The summed E-state index contributed by atoms with van der Waals surface area (Å²) < 4.78 is 38.4. The highest BCUT2D eigenvalue weighted by molar-refractivity contribution is 5.96. The first-order chi connectivity index (χ1) is 10.8. The van der Waals surface area contributed by atoms with Gasteiger partial charge in [0.2, 0.25) is 5.96 Å². The van der Waals surface area contributed by atoms with Crippen LogP contribution in [0.5, 0.6) is 0 Å². The van der Waals surface area contributed by atoms with Crippen LogP contribution in [0.4, 0.5) is 24.5 Å². The molecule has 0 amide bonds. The van der Waals surface area contributed by atoms with Crippen LogP contribution in [0.25, 0.3) is 0 Å². The number of hydrogen-bond acceptors (Lipinski definition) is 1. The van der Waals surface area contributed by atoms with Gasteiger partial charge in [0, 0.05) is 12.7 Å². The Kier molecular flexibility index (Phi) is 4.93. The Labute approximate surface area is 133 Å². The second-order valence-electron chi connectivity index (χ2n) is 5.06. The summed E-state index contributed by atoms with van der Waals surface area (Å²) in [5, 5.41) is 0. The maximum Gasteiger partial charge on any atom is 0.416 e. The van der Waals surface area contributed by atoms with E-state index in [1.807, 2.05) is 31.2 Å². The molecule has 3 nitrogen and oxygen atoms in total. The summed E-state index contributed by atoms with van der Waals surface area (Å²) in [5.74, 6) is 0.130. The van der Waals surface area contributed by atoms with Gasteiger partial charge in [-0.05, 0) is 36.2 Å². The summed E-state index contributed by atoms with van der Waals surface area (Å²) in [6.45, 7) is 2.00. The normalized spacial score (nSPS) is 12.3. The molecule has 2 aromatic rings. The van der Waals surface area contributed by atoms with E-state index in [9.17, 15) is 13.2 Å². The van der Waals surface area contributed by atoms with Crippen molar-refractivity contribution in [3.63, 3.8) is 0 Å². The third-order valence-electron chi connectivity index (χ3n) is 3.51. The van der Waals surface area contributed by atoms with Crippen molar-refractivity contribution < 1.29 is 13.2 Å². The van der Waals surface area contributed by atoms with E-state index in [4.69, 9.17) is 5.73 Å². The highest BCUT2D eigenvalue weighted by Gasteiger charge is 2.30. The summed E-state index contributed by atoms with van der Waals surface area (Å²) in [5.41, 5.74) is 7.30. The second kappa shape index (κ2) is 6.73. The molecule has 2 aromatic carbocycles. The van der Waals surface area contributed by atoms with Crippen LogP contribution >= 0.6 is 0 Å². The third-order valence-corrected chi connectivity index (χ3v) is 3.51. The van der Waals surface area contributed by atoms with Crippen LogP contribution in [0.3, 0.4) is 0 Å². The van der Waals surface area contributed by atoms with Crippen molar-refractivity contribution in [2.75, 3.05) is 11.9 Å². The molecular weight excluding hydrogens is 303 g/mol. The van der Waals surface area contributed by atoms with Gasteiger partial charge in [-0.25, -0.2) is 4.99 Å². The highest BCUT2D eigenvalue weighted by Crippen LogP contribution is 2.31. The molecular formula is C17H18F3N3. The molecule has 2 N–H and O–H groups in total. The molecule has 0 aromatic heterocycles. The molecule has 23 heavy (non-hydrogen) atoms. The largest absolute Gasteiger partial charge is 0.416 e. The van der Waals surface area contributed by atoms with Crippen molar-refractivity contribution in [3.8, 4) is 0 Å². The maximum absolute atomic E-state index is 12.8. The number of halogens is 3. The van der Waals surface area contributed by atoms with Crippen molar-refractivity contribution in [3.05, 3.63) is 59.7 Å². The molecule has 0 spiro atoms. The van der Waals surface area contributed by atoms with E-state index >= 15 is 0 Å². The van der Waals surface area contributed by atoms with E-state index in [2.05, 4.69) is 4.99 Å². The lowest BCUT2D eigenvalue weighted by atomic mass is 10.1. The van der Waals surface area contributed by atoms with E-state index in [1.54, 1.807) is 13.1 Å². The standard InChI is InChI=1S/C17H18F3N3/c1-3-12-7-4-5-10-15(12)22-16(21)23(2)14-9-6-8-13(11-14)17(18,19)20/h4-11H,3H2,1-2H3,(H2,21,22). The van der Waals surface area contributed by atoms with Crippen LogP contribution in [0.15, 0.2) is 53.5 Å². The van der Waals surface area contributed by atoms with Crippen LogP contribution in [-0.2, 0) is 12.6 Å². The van der Waals surface area contributed by atoms with Gasteiger partial charge >= 0.3 is 6.18 Å². The first-order valence-corrected chi connectivity index (χ1v) is 7.16. The van der Waals surface area contributed by atoms with E-state index in [0.29, 0.717) is 11.4 Å². The third kappa shape index (κ3) is 4.03. The minimum Gasteiger partial charge on any atom is -0.369 e. The fourth-order valence-corrected chi connectivity index (χ4v) is 2.14. The summed E-state index contributed by atoms with van der Waals surface area (Å²) in [4.78, 5) is 5.77. The summed E-state index contributed by atoms with van der Waals surface area (Å²) in [6.07, 6.45) is -3.60. The van der Waals surface area contributed by atoms with Crippen molar-refractivity contribution in [1.29, 1.82) is 0 Å². The molecule has 0 aliphatic heterocycles. The first kappa shape index (κ1) is 16.9. The Bertz CT molecular complexity index is 708. The van der Waals surface area contributed by atoms with Crippen LogP contribution < -0.4 is 10.6 Å². The highest BCUT2D eigenvalue weighted by atomic mass is 19.4. The van der Waals surface area contributed by atoms with E-state index in [1.165, 1.54) is 11.0 Å². The molecule has 0 saturated heterocycles. The Hall–Kier alpha value is -2.50. The zero-order chi connectivity index (χ0) is 17.0. The smallest absolute Gasteiger partial charge is 0.369 e. The number of benzene rings is 2. The Morgan fingerprint density at radius 1 is 1.13 bits per heavy atom. The van der Waals surface area contributed by atoms with Gasteiger partial charge in [0.1, 0.15) is 0 Å². The number of anilines is 1. The van der Waals surface area contributed by atoms with Crippen LogP contribution in [0, 0.1) is 0 Å². The minimum absolute atomic E-state index is 0.130. The fourth-order valence-electron chi connectivity index (χ4n) is 2.14. The molecule has 0 aliphatic rings. The van der Waals surface area contributed by atoms with Gasteiger partial charge in [0.05, 0.1) is 11.3 Å². The number of rotatable bonds is 3. The molecule has 0 bridgehead atoms. The van der Waals surface area contributed by atoms with Crippen LogP contribution in [0.2, 0.25) is 0 Å². The van der Waals surface area contributed by atoms with E-state index < -0.39 is 11.7 Å². The van der Waals surface area contributed by atoms with Gasteiger partial charge in [0.15, 0.2) is 0 Å². The first-order valence-electron chi connectivity index (χ1n) is 7.16. The number of alkyl halides is 3. The summed E-state index contributed by atoms with van der Waals surface area (Å²) in [7, 11) is 1.59. The molecule has 0 radical (unpaired) electrons. The van der Waals surface area contributed by atoms with E-state index in [0.717, 1.165) is 24.1 Å². The molecule has 0 saturated carbocycles. The molecule has 122 valence electrons. The van der Waals surface area contributed by atoms with Crippen molar-refractivity contribution in [2.45, 2.75) is 19.5 Å². The summed E-state index contributed by atoms with van der Waals surface area (Å²) in [6, 6.07) is 12.5. The fraction of sp³-hybridized carbons (Fsp3) is 0.235. The maximum atomic E-state index is 12.8. The van der Waals surface area contributed by atoms with Crippen molar-refractivity contribution >= 4 is 17.3 Å². The zero-order valence-corrected chi connectivity index (χ0v) is 12.9. The molecule has 0 atom stereocenters. The molecule has 2 rings (SSSR count). The SMILES string of the molecule is CCc1ccccc1N=C(N)N(C)c1cccc(C(F)(F)F)c1. The monoisotopic (exact) mass is 321 g/mol. The van der Waals surface area contributed by atoms with Crippen LogP contribution in [-0.4, -0.2) is 13.0 Å². The molecule has 0 unspecified atom stereocenters. The van der Waals surface area contributed by atoms with E-state index in [-0.39, 0.29) is 5.96 Å². The predicted octanol–water partition coefficient (Wildman–Crippen LogP) is 4.35. The van der Waals surface area contributed by atoms with Crippen molar-refractivity contribution in [1.82, 2.24) is 0 Å². The number of hydrogen-bond donors (Lipinski definition) is 1. The Balaban J connectivity index is 2.33. The van der Waals surface area contributed by atoms with Gasteiger partial charge in [0.25, 0.3) is 0 Å². The topological polar surface area (TPSA) is 41.6 Å². The quantitative estimate of drug-likeness (QED) is 0.674. The number of aliphatic imine (C=N–C) groups is 1. The van der Waals surface area contributed by atoms with Gasteiger partial charge in [-0.3, -0.25) is 0 Å². The number of guanidine groups is 1. The lowest BCUT2D eigenvalue weighted by molar-refractivity contribution is -0.137. The Morgan fingerprint density at radius 3 is 2.48 bits per heavy atom. The van der Waals surface area contributed by atoms with Gasteiger partial charge in [-0.15, -0.1) is 0 Å². The second-order valence-corrected chi connectivity index (χ2v) is 5.06. The van der Waals surface area contributed by atoms with Crippen molar-refractivity contribution in [2.24, 2.45) is 10.7 Å². The van der Waals surface area contributed by atoms with Gasteiger partial charge in [-0.1, -0.05) is 31.2 Å². The lowest BCUT2D eigenvalue weighted by Crippen LogP contribution is -2.33. The molecule has 0 heterocycles.